The summed E-state index contributed by atoms with van der Waals surface area (Å²) in [6.45, 7) is 5.57. The van der Waals surface area contributed by atoms with Crippen molar-refractivity contribution in [3.63, 3.8) is 0 Å². The number of amides is 2. The van der Waals surface area contributed by atoms with E-state index in [1.807, 2.05) is 13.8 Å². The Labute approximate surface area is 108 Å². The van der Waals surface area contributed by atoms with Gasteiger partial charge in [-0.2, -0.15) is 0 Å². The molecule has 1 fully saturated rings. The molecule has 0 bridgehead atoms. The predicted octanol–water partition coefficient (Wildman–Crippen LogP) is -0.571. The van der Waals surface area contributed by atoms with Gasteiger partial charge in [-0.25, -0.2) is 0 Å². The predicted molar refractivity (Wildman–Crippen MR) is 67.9 cm³/mol. The molecular formula is C12H23N3O3. The maximum absolute atomic E-state index is 12.3. The molecular weight excluding hydrogens is 234 g/mol. The molecule has 1 aliphatic heterocycles. The summed E-state index contributed by atoms with van der Waals surface area (Å²) in [4.78, 5) is 27.5. The molecule has 0 radical (unpaired) electrons. The van der Waals surface area contributed by atoms with E-state index < -0.39 is 6.04 Å². The van der Waals surface area contributed by atoms with Crippen LogP contribution >= 0.6 is 0 Å². The zero-order valence-corrected chi connectivity index (χ0v) is 11.4. The molecule has 1 heterocycles. The van der Waals surface area contributed by atoms with Crippen molar-refractivity contribution in [2.45, 2.75) is 32.4 Å². The van der Waals surface area contributed by atoms with E-state index >= 15 is 0 Å². The van der Waals surface area contributed by atoms with Crippen molar-refractivity contribution in [1.82, 2.24) is 9.80 Å². The Kier molecular flexibility index (Phi) is 5.55. The average Bonchev–Trinajstić information content (AvgIpc) is 2.73. The Hall–Kier alpha value is -1.14. The fourth-order valence-electron chi connectivity index (χ4n) is 2.33. The van der Waals surface area contributed by atoms with E-state index in [1.54, 1.807) is 9.80 Å². The van der Waals surface area contributed by atoms with Gasteiger partial charge in [0.05, 0.1) is 0 Å². The molecule has 2 atom stereocenters. The summed E-state index contributed by atoms with van der Waals surface area (Å²) in [5.41, 5.74) is 5.86. The molecule has 6 heteroatoms. The van der Waals surface area contributed by atoms with Gasteiger partial charge in [-0.05, 0) is 20.3 Å². The Bertz CT molecular complexity index is 305. The van der Waals surface area contributed by atoms with Crippen molar-refractivity contribution in [3.05, 3.63) is 0 Å². The third-order valence-corrected chi connectivity index (χ3v) is 3.28. The molecule has 0 aromatic heterocycles. The van der Waals surface area contributed by atoms with E-state index in [9.17, 15) is 9.59 Å². The van der Waals surface area contributed by atoms with Gasteiger partial charge in [0.15, 0.2) is 0 Å². The lowest BCUT2D eigenvalue weighted by Crippen LogP contribution is -2.48. The van der Waals surface area contributed by atoms with Crippen LogP contribution in [0.4, 0.5) is 0 Å². The topological polar surface area (TPSA) is 75.9 Å². The lowest BCUT2D eigenvalue weighted by atomic mass is 10.1. The van der Waals surface area contributed by atoms with Crippen LogP contribution in [0.25, 0.3) is 0 Å². The van der Waals surface area contributed by atoms with E-state index in [0.717, 1.165) is 0 Å². The highest BCUT2D eigenvalue weighted by Gasteiger charge is 2.39. The summed E-state index contributed by atoms with van der Waals surface area (Å²) in [6.07, 6.45) is 0.533. The number of hydrogen-bond donors (Lipinski definition) is 1. The standard InChI is InChI=1S/C12H23N3O3/c1-4-14(5-2)12(17)10-6-9(13)7-15(10)11(16)8-18-3/h9-10H,4-8,13H2,1-3H3/t9-,10-/m0/s1. The zero-order valence-electron chi connectivity index (χ0n) is 11.4. The molecule has 2 amide bonds. The van der Waals surface area contributed by atoms with Crippen LogP contribution in [0.5, 0.6) is 0 Å². The first kappa shape index (κ1) is 14.9. The van der Waals surface area contributed by atoms with Gasteiger partial charge >= 0.3 is 0 Å². The summed E-state index contributed by atoms with van der Waals surface area (Å²) >= 11 is 0. The molecule has 0 unspecified atom stereocenters. The van der Waals surface area contributed by atoms with E-state index in [0.29, 0.717) is 26.1 Å². The Morgan fingerprint density at radius 3 is 2.50 bits per heavy atom. The average molecular weight is 257 g/mol. The van der Waals surface area contributed by atoms with Crippen molar-refractivity contribution < 1.29 is 14.3 Å². The van der Waals surface area contributed by atoms with Gasteiger partial charge in [-0.15, -0.1) is 0 Å². The third-order valence-electron chi connectivity index (χ3n) is 3.28. The quantitative estimate of drug-likeness (QED) is 0.715. The van der Waals surface area contributed by atoms with Crippen molar-refractivity contribution in [2.75, 3.05) is 33.4 Å². The van der Waals surface area contributed by atoms with Crippen molar-refractivity contribution in [3.8, 4) is 0 Å². The number of carbonyl (C=O) groups is 2. The maximum atomic E-state index is 12.3. The Morgan fingerprint density at radius 1 is 1.39 bits per heavy atom. The summed E-state index contributed by atoms with van der Waals surface area (Å²) in [5, 5.41) is 0. The highest BCUT2D eigenvalue weighted by Crippen LogP contribution is 2.19. The number of nitrogens with two attached hydrogens (primary N) is 1. The maximum Gasteiger partial charge on any atom is 0.249 e. The van der Waals surface area contributed by atoms with E-state index in [1.165, 1.54) is 7.11 Å². The van der Waals surface area contributed by atoms with Crippen LogP contribution in [0.3, 0.4) is 0 Å². The monoisotopic (exact) mass is 257 g/mol. The molecule has 1 aliphatic rings. The van der Waals surface area contributed by atoms with Crippen molar-refractivity contribution >= 4 is 11.8 Å². The number of ether oxygens (including phenoxy) is 1. The van der Waals surface area contributed by atoms with Gasteiger partial charge < -0.3 is 20.3 Å². The zero-order chi connectivity index (χ0) is 13.7. The number of likely N-dealkylation sites (N-methyl/N-ethyl adjacent to an activating group) is 1. The highest BCUT2D eigenvalue weighted by atomic mass is 16.5. The SMILES string of the molecule is CCN(CC)C(=O)[C@@H]1C[C@H](N)CN1C(=O)COC. The first-order valence-corrected chi connectivity index (χ1v) is 6.37. The van der Waals surface area contributed by atoms with Crippen molar-refractivity contribution in [1.29, 1.82) is 0 Å². The van der Waals surface area contributed by atoms with Crippen molar-refractivity contribution in [2.24, 2.45) is 5.73 Å². The second-order valence-electron chi connectivity index (χ2n) is 4.50. The molecule has 1 saturated heterocycles. The minimum absolute atomic E-state index is 0.00521. The largest absolute Gasteiger partial charge is 0.375 e. The molecule has 18 heavy (non-hydrogen) atoms. The smallest absolute Gasteiger partial charge is 0.249 e. The number of carbonyl (C=O) groups excluding carboxylic acids is 2. The van der Waals surface area contributed by atoms with Crippen LogP contribution in [-0.4, -0.2) is 67.0 Å². The van der Waals surface area contributed by atoms with Gasteiger partial charge in [0.2, 0.25) is 11.8 Å². The van der Waals surface area contributed by atoms with Gasteiger partial charge in [0, 0.05) is 32.8 Å². The molecule has 0 aromatic carbocycles. The summed E-state index contributed by atoms with van der Waals surface area (Å²) in [5.74, 6) is -0.187. The first-order chi connectivity index (χ1) is 8.54. The second-order valence-corrected chi connectivity index (χ2v) is 4.50. The van der Waals surface area contributed by atoms with Crippen LogP contribution < -0.4 is 5.73 Å². The molecule has 104 valence electrons. The molecule has 0 aliphatic carbocycles. The normalized spacial score (nSPS) is 23.2. The van der Waals surface area contributed by atoms with Crippen LogP contribution in [0, 0.1) is 0 Å². The Morgan fingerprint density at radius 2 is 2.00 bits per heavy atom. The molecule has 0 spiro atoms. The van der Waals surface area contributed by atoms with Gasteiger partial charge in [-0.3, -0.25) is 9.59 Å². The highest BCUT2D eigenvalue weighted by molar-refractivity contribution is 5.89. The number of hydrogen-bond acceptors (Lipinski definition) is 4. The molecule has 6 nitrogen and oxygen atoms in total. The molecule has 2 N–H and O–H groups in total. The minimum Gasteiger partial charge on any atom is -0.375 e. The van der Waals surface area contributed by atoms with Gasteiger partial charge in [-0.1, -0.05) is 0 Å². The van der Waals surface area contributed by atoms with Gasteiger partial charge in [0.1, 0.15) is 12.6 Å². The first-order valence-electron chi connectivity index (χ1n) is 6.37. The lowest BCUT2D eigenvalue weighted by molar-refractivity contribution is -0.145. The van der Waals surface area contributed by atoms with Gasteiger partial charge in [0.25, 0.3) is 0 Å². The number of rotatable bonds is 5. The molecule has 0 aromatic rings. The van der Waals surface area contributed by atoms with Crippen LogP contribution in [-0.2, 0) is 14.3 Å². The van der Waals surface area contributed by atoms with Crippen LogP contribution in [0.1, 0.15) is 20.3 Å². The Balaban J connectivity index is 2.77. The van der Waals surface area contributed by atoms with E-state index in [4.69, 9.17) is 10.5 Å². The number of nitrogens with zero attached hydrogens (tertiary/aromatic N) is 2. The summed E-state index contributed by atoms with van der Waals surface area (Å²) in [7, 11) is 1.47. The van der Waals surface area contributed by atoms with Crippen LogP contribution in [0.2, 0.25) is 0 Å². The number of likely N-dealkylation sites (tertiary alicyclic amines) is 1. The third kappa shape index (κ3) is 3.20. The van der Waals surface area contributed by atoms with E-state index in [2.05, 4.69) is 0 Å². The van der Waals surface area contributed by atoms with Crippen LogP contribution in [0.15, 0.2) is 0 Å². The fourth-order valence-corrected chi connectivity index (χ4v) is 2.33. The fraction of sp³-hybridized carbons (Fsp3) is 0.833. The molecule has 0 saturated carbocycles. The minimum atomic E-state index is -0.428. The lowest BCUT2D eigenvalue weighted by Gasteiger charge is -2.28. The molecule has 1 rings (SSSR count). The summed E-state index contributed by atoms with van der Waals surface area (Å²) < 4.78 is 4.84. The van der Waals surface area contributed by atoms with E-state index in [-0.39, 0.29) is 24.5 Å². The second kappa shape index (κ2) is 6.70. The number of methoxy groups -OCH3 is 1. The summed E-state index contributed by atoms with van der Waals surface area (Å²) in [6, 6.07) is -0.558.